The number of hydrogen-bond donors (Lipinski definition) is 1. The number of amides is 1. The summed E-state index contributed by atoms with van der Waals surface area (Å²) in [6, 6.07) is 12.3. The third-order valence-electron chi connectivity index (χ3n) is 3.66. The molecular weight excluding hydrogens is 331 g/mol. The molecule has 0 unspecified atom stereocenters. The van der Waals surface area contributed by atoms with Crippen molar-refractivity contribution in [2.45, 2.75) is 32.5 Å². The van der Waals surface area contributed by atoms with Crippen molar-refractivity contribution >= 4 is 5.91 Å². The van der Waals surface area contributed by atoms with E-state index in [0.717, 1.165) is 23.4 Å². The highest BCUT2D eigenvalue weighted by Gasteiger charge is 2.29. The van der Waals surface area contributed by atoms with E-state index >= 15 is 0 Å². The summed E-state index contributed by atoms with van der Waals surface area (Å²) in [5, 5.41) is 2.72. The van der Waals surface area contributed by atoms with Crippen LogP contribution in [0.5, 0.6) is 5.75 Å². The van der Waals surface area contributed by atoms with Gasteiger partial charge in [-0.1, -0.05) is 30.3 Å². The van der Waals surface area contributed by atoms with Crippen LogP contribution in [0.15, 0.2) is 48.5 Å². The molecule has 2 aromatic rings. The normalized spacial score (nSPS) is 11.2. The molecule has 0 heterocycles. The SMILES string of the molecule is CCOc1ccccc1CCC(=O)NCc1ccc(C(F)(F)F)cc1. The molecule has 2 rings (SSSR count). The maximum Gasteiger partial charge on any atom is 0.416 e. The van der Waals surface area contributed by atoms with Crippen molar-refractivity contribution in [2.24, 2.45) is 0 Å². The minimum absolute atomic E-state index is 0.161. The largest absolute Gasteiger partial charge is 0.494 e. The van der Waals surface area contributed by atoms with Gasteiger partial charge in [0.1, 0.15) is 5.75 Å². The van der Waals surface area contributed by atoms with Crippen molar-refractivity contribution in [1.29, 1.82) is 0 Å². The van der Waals surface area contributed by atoms with Gasteiger partial charge in [-0.05, 0) is 42.7 Å². The highest BCUT2D eigenvalue weighted by Crippen LogP contribution is 2.29. The number of para-hydroxylation sites is 1. The molecule has 0 aromatic heterocycles. The Balaban J connectivity index is 1.83. The van der Waals surface area contributed by atoms with Crippen molar-refractivity contribution in [3.8, 4) is 5.75 Å². The molecule has 3 nitrogen and oxygen atoms in total. The first-order valence-corrected chi connectivity index (χ1v) is 8.03. The van der Waals surface area contributed by atoms with Crippen LogP contribution < -0.4 is 10.1 Å². The van der Waals surface area contributed by atoms with Crippen molar-refractivity contribution in [3.63, 3.8) is 0 Å². The lowest BCUT2D eigenvalue weighted by molar-refractivity contribution is -0.137. The van der Waals surface area contributed by atoms with Crippen molar-refractivity contribution in [3.05, 3.63) is 65.2 Å². The number of halogens is 3. The summed E-state index contributed by atoms with van der Waals surface area (Å²) < 4.78 is 43.0. The van der Waals surface area contributed by atoms with E-state index in [4.69, 9.17) is 4.74 Å². The van der Waals surface area contributed by atoms with Crippen LogP contribution in [0.1, 0.15) is 30.0 Å². The maximum atomic E-state index is 12.5. The Morgan fingerprint density at radius 1 is 1.08 bits per heavy atom. The number of rotatable bonds is 7. The molecule has 134 valence electrons. The molecule has 1 amide bonds. The second-order valence-corrected chi connectivity index (χ2v) is 5.51. The van der Waals surface area contributed by atoms with E-state index in [0.29, 0.717) is 18.6 Å². The van der Waals surface area contributed by atoms with E-state index in [-0.39, 0.29) is 18.9 Å². The molecule has 0 saturated carbocycles. The molecule has 0 aliphatic heterocycles. The summed E-state index contributed by atoms with van der Waals surface area (Å²) >= 11 is 0. The van der Waals surface area contributed by atoms with Gasteiger partial charge in [0.2, 0.25) is 5.91 Å². The summed E-state index contributed by atoms with van der Waals surface area (Å²) in [6.45, 7) is 2.65. The number of ether oxygens (including phenoxy) is 1. The average molecular weight is 351 g/mol. The van der Waals surface area contributed by atoms with Gasteiger partial charge < -0.3 is 10.1 Å². The molecule has 0 saturated heterocycles. The highest BCUT2D eigenvalue weighted by molar-refractivity contribution is 5.76. The van der Waals surface area contributed by atoms with Gasteiger partial charge in [0.25, 0.3) is 0 Å². The quantitative estimate of drug-likeness (QED) is 0.805. The van der Waals surface area contributed by atoms with Gasteiger partial charge in [-0.2, -0.15) is 13.2 Å². The zero-order chi connectivity index (χ0) is 18.3. The number of carbonyl (C=O) groups excluding carboxylic acids is 1. The third-order valence-corrected chi connectivity index (χ3v) is 3.66. The van der Waals surface area contributed by atoms with E-state index < -0.39 is 11.7 Å². The molecule has 0 aliphatic carbocycles. The third kappa shape index (κ3) is 5.81. The predicted octanol–water partition coefficient (Wildman–Crippen LogP) is 4.35. The van der Waals surface area contributed by atoms with Crippen molar-refractivity contribution in [2.75, 3.05) is 6.61 Å². The summed E-state index contributed by atoms with van der Waals surface area (Å²) in [7, 11) is 0. The summed E-state index contributed by atoms with van der Waals surface area (Å²) in [5.41, 5.74) is 0.875. The molecular formula is C19H20F3NO2. The van der Waals surface area contributed by atoms with Crippen LogP contribution in [-0.4, -0.2) is 12.5 Å². The minimum atomic E-state index is -4.35. The molecule has 0 radical (unpaired) electrons. The van der Waals surface area contributed by atoms with Gasteiger partial charge >= 0.3 is 6.18 Å². The van der Waals surface area contributed by atoms with Crippen LogP contribution in [-0.2, 0) is 23.9 Å². The molecule has 0 atom stereocenters. The van der Waals surface area contributed by atoms with Crippen molar-refractivity contribution < 1.29 is 22.7 Å². The molecule has 0 aliphatic rings. The number of carbonyl (C=O) groups is 1. The van der Waals surface area contributed by atoms with E-state index in [1.807, 2.05) is 31.2 Å². The van der Waals surface area contributed by atoms with Crippen LogP contribution >= 0.6 is 0 Å². The predicted molar refractivity (Wildman–Crippen MR) is 89.2 cm³/mol. The standard InChI is InChI=1S/C19H20F3NO2/c1-2-25-17-6-4-3-5-15(17)9-12-18(24)23-13-14-7-10-16(11-8-14)19(20,21)22/h3-8,10-11H,2,9,12-13H2,1H3,(H,23,24). The second-order valence-electron chi connectivity index (χ2n) is 5.51. The number of hydrogen-bond acceptors (Lipinski definition) is 2. The first kappa shape index (κ1) is 18.8. The first-order valence-electron chi connectivity index (χ1n) is 8.03. The Bertz CT molecular complexity index is 697. The van der Waals surface area contributed by atoms with Crippen LogP contribution in [0.3, 0.4) is 0 Å². The van der Waals surface area contributed by atoms with Gasteiger partial charge in [0, 0.05) is 13.0 Å². The molecule has 2 aromatic carbocycles. The molecule has 6 heteroatoms. The van der Waals surface area contributed by atoms with Gasteiger partial charge in [0.15, 0.2) is 0 Å². The van der Waals surface area contributed by atoms with Gasteiger partial charge in [-0.25, -0.2) is 0 Å². The maximum absolute atomic E-state index is 12.5. The Morgan fingerprint density at radius 2 is 1.76 bits per heavy atom. The number of alkyl halides is 3. The Morgan fingerprint density at radius 3 is 2.40 bits per heavy atom. The monoisotopic (exact) mass is 351 g/mol. The van der Waals surface area contributed by atoms with E-state index in [9.17, 15) is 18.0 Å². The number of benzene rings is 2. The molecule has 0 bridgehead atoms. The smallest absolute Gasteiger partial charge is 0.416 e. The topological polar surface area (TPSA) is 38.3 Å². The lowest BCUT2D eigenvalue weighted by Crippen LogP contribution is -2.23. The van der Waals surface area contributed by atoms with Crippen LogP contribution in [0.25, 0.3) is 0 Å². The second kappa shape index (κ2) is 8.55. The molecule has 0 spiro atoms. The van der Waals surface area contributed by atoms with Crippen LogP contribution in [0.2, 0.25) is 0 Å². The average Bonchev–Trinajstić information content (AvgIpc) is 2.59. The van der Waals surface area contributed by atoms with E-state index in [1.54, 1.807) is 0 Å². The van der Waals surface area contributed by atoms with Gasteiger partial charge in [0.05, 0.1) is 12.2 Å². The fraction of sp³-hybridized carbons (Fsp3) is 0.316. The number of aryl methyl sites for hydroxylation is 1. The van der Waals surface area contributed by atoms with Crippen LogP contribution in [0, 0.1) is 0 Å². The summed E-state index contributed by atoms with van der Waals surface area (Å²) in [4.78, 5) is 12.0. The fourth-order valence-corrected chi connectivity index (χ4v) is 2.36. The first-order chi connectivity index (χ1) is 11.9. The molecule has 0 fully saturated rings. The van der Waals surface area contributed by atoms with Crippen molar-refractivity contribution in [1.82, 2.24) is 5.32 Å². The Labute approximate surface area is 144 Å². The minimum Gasteiger partial charge on any atom is -0.494 e. The lowest BCUT2D eigenvalue weighted by atomic mass is 10.1. The zero-order valence-electron chi connectivity index (χ0n) is 13.9. The highest BCUT2D eigenvalue weighted by atomic mass is 19.4. The van der Waals surface area contributed by atoms with E-state index in [1.165, 1.54) is 12.1 Å². The summed E-state index contributed by atoms with van der Waals surface area (Å²) in [5.74, 6) is 0.603. The molecule has 1 N–H and O–H groups in total. The van der Waals surface area contributed by atoms with E-state index in [2.05, 4.69) is 5.32 Å². The van der Waals surface area contributed by atoms with Gasteiger partial charge in [-0.15, -0.1) is 0 Å². The molecule has 25 heavy (non-hydrogen) atoms. The summed E-state index contributed by atoms with van der Waals surface area (Å²) in [6.07, 6.45) is -3.53. The Kier molecular flexibility index (Phi) is 6.44. The zero-order valence-corrected chi connectivity index (χ0v) is 13.9. The fourth-order valence-electron chi connectivity index (χ4n) is 2.36. The van der Waals surface area contributed by atoms with Gasteiger partial charge in [-0.3, -0.25) is 4.79 Å². The lowest BCUT2D eigenvalue weighted by Gasteiger charge is -2.10. The van der Waals surface area contributed by atoms with Crippen LogP contribution in [0.4, 0.5) is 13.2 Å². The number of nitrogens with one attached hydrogen (secondary N) is 1. The Hall–Kier alpha value is -2.50.